The van der Waals surface area contributed by atoms with Crippen LogP contribution in [0.4, 0.5) is 0 Å². The Morgan fingerprint density at radius 3 is 2.97 bits per heavy atom. The maximum atomic E-state index is 12.6. The predicted molar refractivity (Wildman–Crippen MR) is 129 cm³/mol. The van der Waals surface area contributed by atoms with E-state index in [1.165, 1.54) is 0 Å². The number of ether oxygens (including phenoxy) is 2. The Labute approximate surface area is 198 Å². The molecule has 1 saturated heterocycles. The second kappa shape index (κ2) is 10.6. The average Bonchev–Trinajstić information content (AvgIpc) is 3.47. The quantitative estimate of drug-likeness (QED) is 0.381. The first-order chi connectivity index (χ1) is 16.0. The third-order valence-electron chi connectivity index (χ3n) is 5.73. The van der Waals surface area contributed by atoms with Gasteiger partial charge in [-0.05, 0) is 55.7 Å². The molecule has 6 nitrogen and oxygen atoms in total. The zero-order valence-electron chi connectivity index (χ0n) is 18.5. The normalized spacial score (nSPS) is 16.0. The van der Waals surface area contributed by atoms with E-state index >= 15 is 0 Å². The minimum Gasteiger partial charge on any atom is -0.492 e. The summed E-state index contributed by atoms with van der Waals surface area (Å²) in [6.07, 6.45) is 5.55. The summed E-state index contributed by atoms with van der Waals surface area (Å²) in [5.74, 6) is 0.384. The third-order valence-corrected chi connectivity index (χ3v) is 6.15. The molecule has 170 valence electrons. The highest BCUT2D eigenvalue weighted by atomic mass is 35.5. The molecule has 1 atom stereocenters. The van der Waals surface area contributed by atoms with Crippen LogP contribution in [0.5, 0.6) is 5.75 Å². The van der Waals surface area contributed by atoms with Gasteiger partial charge in [-0.2, -0.15) is 5.26 Å². The first kappa shape index (κ1) is 22.9. The Balaban J connectivity index is 1.48. The number of amides is 1. The highest BCUT2D eigenvalue weighted by Gasteiger charge is 2.18. The Morgan fingerprint density at radius 1 is 1.36 bits per heavy atom. The summed E-state index contributed by atoms with van der Waals surface area (Å²) in [4.78, 5) is 12.6. The zero-order chi connectivity index (χ0) is 23.2. The van der Waals surface area contributed by atoms with Crippen LogP contribution in [0, 0.1) is 18.3 Å². The van der Waals surface area contributed by atoms with Crippen LogP contribution in [0.2, 0.25) is 5.02 Å². The van der Waals surface area contributed by atoms with Crippen LogP contribution in [0.15, 0.2) is 54.2 Å². The van der Waals surface area contributed by atoms with E-state index in [2.05, 4.69) is 9.88 Å². The van der Waals surface area contributed by atoms with Crippen LogP contribution in [0.1, 0.15) is 24.0 Å². The van der Waals surface area contributed by atoms with Crippen molar-refractivity contribution in [1.82, 2.24) is 9.88 Å². The molecule has 1 amide bonds. The Kier molecular flexibility index (Phi) is 7.33. The van der Waals surface area contributed by atoms with Crippen LogP contribution in [-0.2, 0) is 16.1 Å². The van der Waals surface area contributed by atoms with Crippen molar-refractivity contribution in [3.63, 3.8) is 0 Å². The van der Waals surface area contributed by atoms with Gasteiger partial charge in [0.2, 0.25) is 0 Å². The van der Waals surface area contributed by atoms with E-state index in [9.17, 15) is 10.1 Å². The van der Waals surface area contributed by atoms with Crippen LogP contribution in [-0.4, -0.2) is 36.3 Å². The highest BCUT2D eigenvalue weighted by molar-refractivity contribution is 6.31. The van der Waals surface area contributed by atoms with E-state index in [1.54, 1.807) is 6.08 Å². The maximum Gasteiger partial charge on any atom is 0.262 e. The number of halogens is 1. The van der Waals surface area contributed by atoms with Crippen LogP contribution in [0.3, 0.4) is 0 Å². The number of benzene rings is 2. The van der Waals surface area contributed by atoms with Gasteiger partial charge in [-0.15, -0.1) is 0 Å². The number of aryl methyl sites for hydroxylation is 1. The monoisotopic (exact) mass is 463 g/mol. The smallest absolute Gasteiger partial charge is 0.262 e. The number of nitriles is 1. The topological polar surface area (TPSA) is 76.3 Å². The van der Waals surface area contributed by atoms with E-state index in [0.717, 1.165) is 47.2 Å². The molecule has 1 aliphatic heterocycles. The summed E-state index contributed by atoms with van der Waals surface area (Å²) >= 11 is 6.08. The maximum absolute atomic E-state index is 12.6. The van der Waals surface area contributed by atoms with Gasteiger partial charge in [-0.25, -0.2) is 0 Å². The number of fused-ring (bicyclic) bond motifs is 1. The number of nitrogens with zero attached hydrogens (tertiary/aromatic N) is 2. The lowest BCUT2D eigenvalue weighted by atomic mass is 10.1. The van der Waals surface area contributed by atoms with Crippen molar-refractivity contribution in [2.45, 2.75) is 32.4 Å². The molecule has 1 unspecified atom stereocenters. The molecule has 1 fully saturated rings. The number of hydrogen-bond donors (Lipinski definition) is 1. The van der Waals surface area contributed by atoms with Gasteiger partial charge in [0.15, 0.2) is 0 Å². The molecule has 33 heavy (non-hydrogen) atoms. The molecule has 1 aliphatic rings. The molecule has 4 rings (SSSR count). The average molecular weight is 464 g/mol. The van der Waals surface area contributed by atoms with E-state index in [4.69, 9.17) is 21.1 Å². The summed E-state index contributed by atoms with van der Waals surface area (Å²) < 4.78 is 13.5. The molecule has 0 aliphatic carbocycles. The first-order valence-corrected chi connectivity index (χ1v) is 11.4. The summed E-state index contributed by atoms with van der Waals surface area (Å²) in [6.45, 7) is 4.17. The second-order valence-electron chi connectivity index (χ2n) is 8.07. The largest absolute Gasteiger partial charge is 0.492 e. The van der Waals surface area contributed by atoms with Crippen molar-refractivity contribution in [3.8, 4) is 11.8 Å². The van der Waals surface area contributed by atoms with Crippen LogP contribution < -0.4 is 10.1 Å². The van der Waals surface area contributed by atoms with Crippen molar-refractivity contribution in [2.24, 2.45) is 0 Å². The minimum absolute atomic E-state index is 0.0280. The van der Waals surface area contributed by atoms with Gasteiger partial charge in [-0.1, -0.05) is 29.8 Å². The Hall–Kier alpha value is -3.27. The molecule has 0 saturated carbocycles. The predicted octanol–water partition coefficient (Wildman–Crippen LogP) is 4.88. The van der Waals surface area contributed by atoms with Gasteiger partial charge in [0, 0.05) is 40.8 Å². The minimum atomic E-state index is -0.383. The summed E-state index contributed by atoms with van der Waals surface area (Å²) in [6, 6.07) is 15.5. The number of carbonyl (C=O) groups is 1. The van der Waals surface area contributed by atoms with E-state index in [-0.39, 0.29) is 17.6 Å². The number of para-hydroxylation sites is 1. The van der Waals surface area contributed by atoms with Gasteiger partial charge < -0.3 is 19.4 Å². The van der Waals surface area contributed by atoms with Crippen molar-refractivity contribution in [2.75, 3.05) is 19.8 Å². The molecule has 0 bridgehead atoms. The lowest BCUT2D eigenvalue weighted by Crippen LogP contribution is -2.32. The Bertz CT molecular complexity index is 1220. The number of aromatic nitrogens is 1. The zero-order valence-corrected chi connectivity index (χ0v) is 19.3. The van der Waals surface area contributed by atoms with Gasteiger partial charge in [0.05, 0.1) is 12.6 Å². The fraction of sp³-hybridized carbons (Fsp3) is 0.308. The summed E-state index contributed by atoms with van der Waals surface area (Å²) in [7, 11) is 0. The molecule has 0 spiro atoms. The van der Waals surface area contributed by atoms with Crippen LogP contribution in [0.25, 0.3) is 17.0 Å². The molecule has 0 radical (unpaired) electrons. The third kappa shape index (κ3) is 5.57. The fourth-order valence-electron chi connectivity index (χ4n) is 3.96. The molecule has 3 aromatic rings. The second-order valence-corrected chi connectivity index (χ2v) is 8.48. The first-order valence-electron chi connectivity index (χ1n) is 11.0. The lowest BCUT2D eigenvalue weighted by Gasteiger charge is -2.10. The van der Waals surface area contributed by atoms with Gasteiger partial charge in [0.25, 0.3) is 5.91 Å². The SMILES string of the molecule is Cc1cc(OCCn2cc(/C=C(\C#N)C(=O)NCC3CCCO3)c3ccccc32)ccc1Cl. The number of nitrogens with one attached hydrogen (secondary N) is 1. The molecule has 2 heterocycles. The molecule has 1 aromatic heterocycles. The standard InChI is InChI=1S/C26H26ClN3O3/c1-18-13-21(8-9-24(18)27)33-12-10-30-17-20(23-6-2-3-7-25(23)30)14-19(15-28)26(31)29-16-22-5-4-11-32-22/h2-3,6-9,13-14,17,22H,4-5,10-12,16H2,1H3,(H,29,31)/b19-14+. The van der Waals surface area contributed by atoms with Crippen molar-refractivity contribution in [3.05, 3.63) is 70.4 Å². The summed E-state index contributed by atoms with van der Waals surface area (Å²) in [5, 5.41) is 14.1. The van der Waals surface area contributed by atoms with E-state index < -0.39 is 0 Å². The van der Waals surface area contributed by atoms with Crippen LogP contribution >= 0.6 is 11.6 Å². The van der Waals surface area contributed by atoms with Crippen molar-refractivity contribution >= 4 is 34.5 Å². The van der Waals surface area contributed by atoms with Gasteiger partial charge in [-0.3, -0.25) is 4.79 Å². The number of rotatable bonds is 8. The summed E-state index contributed by atoms with van der Waals surface area (Å²) in [5.41, 5.74) is 2.87. The fourth-order valence-corrected chi connectivity index (χ4v) is 4.07. The molecular weight excluding hydrogens is 438 g/mol. The Morgan fingerprint density at radius 2 is 2.21 bits per heavy atom. The van der Waals surface area contributed by atoms with Crippen molar-refractivity contribution < 1.29 is 14.3 Å². The number of carbonyl (C=O) groups excluding carboxylic acids is 1. The molecule has 2 aromatic carbocycles. The van der Waals surface area contributed by atoms with Gasteiger partial charge in [0.1, 0.15) is 24.0 Å². The van der Waals surface area contributed by atoms with E-state index in [1.807, 2.05) is 61.7 Å². The molecule has 1 N–H and O–H groups in total. The van der Waals surface area contributed by atoms with Crippen molar-refractivity contribution in [1.29, 1.82) is 5.26 Å². The number of hydrogen-bond acceptors (Lipinski definition) is 4. The highest BCUT2D eigenvalue weighted by Crippen LogP contribution is 2.25. The van der Waals surface area contributed by atoms with E-state index in [0.29, 0.717) is 24.7 Å². The lowest BCUT2D eigenvalue weighted by molar-refractivity contribution is -0.117. The van der Waals surface area contributed by atoms with Gasteiger partial charge >= 0.3 is 0 Å². The molecular formula is C26H26ClN3O3. The molecule has 7 heteroatoms.